The number of carboxylic acid groups (broad SMARTS) is 1. The lowest BCUT2D eigenvalue weighted by Gasteiger charge is -2.18. The first kappa shape index (κ1) is 16.7. The van der Waals surface area contributed by atoms with Gasteiger partial charge in [0.1, 0.15) is 0 Å². The Morgan fingerprint density at radius 3 is 2.71 bits per heavy atom. The molecule has 0 aliphatic rings. The van der Waals surface area contributed by atoms with Gasteiger partial charge in [0.2, 0.25) is 0 Å². The van der Waals surface area contributed by atoms with E-state index < -0.39 is 5.97 Å². The molecule has 0 spiro atoms. The first-order chi connectivity index (χ1) is 9.85. The van der Waals surface area contributed by atoms with Gasteiger partial charge in [-0.1, -0.05) is 17.7 Å². The molecule has 0 radical (unpaired) electrons. The summed E-state index contributed by atoms with van der Waals surface area (Å²) in [7, 11) is 1.61. The molecule has 1 rings (SSSR count). The number of hydrogen-bond donors (Lipinski definition) is 1. The molecule has 1 unspecified atom stereocenters. The highest BCUT2D eigenvalue weighted by molar-refractivity contribution is 6.32. The molecule has 0 bridgehead atoms. The lowest BCUT2D eigenvalue weighted by Crippen LogP contribution is -2.30. The van der Waals surface area contributed by atoms with Crippen LogP contribution in [0, 0.1) is 17.2 Å². The quantitative estimate of drug-likeness (QED) is 0.848. The highest BCUT2D eigenvalue weighted by atomic mass is 35.5. The number of benzene rings is 1. The van der Waals surface area contributed by atoms with Crippen molar-refractivity contribution in [1.29, 1.82) is 5.26 Å². The Balaban J connectivity index is 2.91. The van der Waals surface area contributed by atoms with Crippen molar-refractivity contribution >= 4 is 29.6 Å². The van der Waals surface area contributed by atoms with Gasteiger partial charge in [0, 0.05) is 30.3 Å². The van der Waals surface area contributed by atoms with Crippen LogP contribution in [0.3, 0.4) is 0 Å². The summed E-state index contributed by atoms with van der Waals surface area (Å²) >= 11 is 6.03. The molecule has 1 aromatic carbocycles. The largest absolute Gasteiger partial charge is 0.478 e. The van der Waals surface area contributed by atoms with Gasteiger partial charge in [-0.05, 0) is 30.7 Å². The summed E-state index contributed by atoms with van der Waals surface area (Å²) in [6.07, 6.45) is 2.34. The van der Waals surface area contributed by atoms with Crippen molar-refractivity contribution in [2.24, 2.45) is 5.92 Å². The second kappa shape index (κ2) is 7.46. The first-order valence-corrected chi connectivity index (χ1v) is 6.58. The molecule has 0 saturated heterocycles. The van der Waals surface area contributed by atoms with E-state index in [2.05, 4.69) is 6.07 Å². The van der Waals surface area contributed by atoms with E-state index in [1.807, 2.05) is 0 Å². The molecule has 0 aromatic heterocycles. The van der Waals surface area contributed by atoms with Gasteiger partial charge < -0.3 is 10.0 Å². The van der Waals surface area contributed by atoms with Crippen molar-refractivity contribution in [3.8, 4) is 6.07 Å². The fourth-order valence-corrected chi connectivity index (χ4v) is 1.95. The van der Waals surface area contributed by atoms with E-state index in [1.165, 1.54) is 17.0 Å². The zero-order chi connectivity index (χ0) is 16.0. The van der Waals surface area contributed by atoms with Gasteiger partial charge >= 0.3 is 5.97 Å². The van der Waals surface area contributed by atoms with Crippen molar-refractivity contribution in [3.05, 3.63) is 40.4 Å². The molecule has 21 heavy (non-hydrogen) atoms. The van der Waals surface area contributed by atoms with Crippen molar-refractivity contribution < 1.29 is 14.7 Å². The molecule has 0 heterocycles. The Hall–Kier alpha value is -2.32. The topological polar surface area (TPSA) is 81.4 Å². The van der Waals surface area contributed by atoms with Crippen LogP contribution in [-0.4, -0.2) is 35.5 Å². The average Bonchev–Trinajstić information content (AvgIpc) is 2.44. The van der Waals surface area contributed by atoms with Gasteiger partial charge in [-0.2, -0.15) is 5.26 Å². The summed E-state index contributed by atoms with van der Waals surface area (Å²) in [6, 6.07) is 6.70. The van der Waals surface area contributed by atoms with Gasteiger partial charge in [0.25, 0.3) is 5.91 Å². The van der Waals surface area contributed by atoms with Crippen LogP contribution in [0.15, 0.2) is 24.3 Å². The average molecular weight is 307 g/mol. The van der Waals surface area contributed by atoms with Crippen molar-refractivity contribution in [2.45, 2.75) is 6.92 Å². The number of hydrogen-bond acceptors (Lipinski definition) is 3. The third-order valence-corrected chi connectivity index (χ3v) is 3.10. The van der Waals surface area contributed by atoms with E-state index in [-0.39, 0.29) is 11.8 Å². The number of halogens is 1. The van der Waals surface area contributed by atoms with Crippen LogP contribution in [-0.2, 0) is 4.79 Å². The summed E-state index contributed by atoms with van der Waals surface area (Å²) < 4.78 is 0. The van der Waals surface area contributed by atoms with Gasteiger partial charge in [-0.15, -0.1) is 0 Å². The Kier molecular flexibility index (Phi) is 5.94. The molecule has 0 aliphatic heterocycles. The molecular formula is C15H15ClN2O3. The van der Waals surface area contributed by atoms with E-state index >= 15 is 0 Å². The SMILES string of the molecule is CC(C#N)CN(C)C(=O)c1ccc(/C=C/C(=O)O)c(Cl)c1. The number of rotatable bonds is 5. The minimum atomic E-state index is -1.07. The van der Waals surface area contributed by atoms with Crippen LogP contribution in [0.2, 0.25) is 5.02 Å². The standard InChI is InChI=1S/C15H15ClN2O3/c1-10(8-17)9-18(2)15(21)12-4-3-11(13(16)7-12)5-6-14(19)20/h3-7,10H,9H2,1-2H3,(H,19,20)/b6-5+. The van der Waals surface area contributed by atoms with E-state index in [9.17, 15) is 9.59 Å². The predicted molar refractivity (Wildman–Crippen MR) is 79.9 cm³/mol. The summed E-state index contributed by atoms with van der Waals surface area (Å²) in [6.45, 7) is 2.06. The maximum atomic E-state index is 12.2. The Bertz CT molecular complexity index is 620. The highest BCUT2D eigenvalue weighted by Gasteiger charge is 2.15. The molecule has 110 valence electrons. The smallest absolute Gasteiger partial charge is 0.328 e. The molecule has 0 fully saturated rings. The fraction of sp³-hybridized carbons (Fsp3) is 0.267. The maximum Gasteiger partial charge on any atom is 0.328 e. The van der Waals surface area contributed by atoms with Crippen LogP contribution in [0.1, 0.15) is 22.8 Å². The van der Waals surface area contributed by atoms with Gasteiger partial charge in [-0.3, -0.25) is 4.79 Å². The molecule has 1 atom stereocenters. The molecule has 5 nitrogen and oxygen atoms in total. The Morgan fingerprint density at radius 1 is 1.52 bits per heavy atom. The number of nitrogens with zero attached hydrogens (tertiary/aromatic N) is 2. The van der Waals surface area contributed by atoms with E-state index in [0.29, 0.717) is 22.7 Å². The summed E-state index contributed by atoms with van der Waals surface area (Å²) in [5, 5.41) is 17.6. The monoisotopic (exact) mass is 306 g/mol. The third-order valence-electron chi connectivity index (χ3n) is 2.77. The van der Waals surface area contributed by atoms with Crippen LogP contribution in [0.4, 0.5) is 0 Å². The summed E-state index contributed by atoms with van der Waals surface area (Å²) in [5.74, 6) is -1.57. The summed E-state index contributed by atoms with van der Waals surface area (Å²) in [5.41, 5.74) is 0.906. The summed E-state index contributed by atoms with van der Waals surface area (Å²) in [4.78, 5) is 24.1. The van der Waals surface area contributed by atoms with Crippen LogP contribution in [0.25, 0.3) is 6.08 Å². The van der Waals surface area contributed by atoms with E-state index in [0.717, 1.165) is 6.08 Å². The zero-order valence-electron chi connectivity index (χ0n) is 11.7. The predicted octanol–water partition coefficient (Wildman–Crippen LogP) is 2.67. The van der Waals surface area contributed by atoms with Crippen LogP contribution in [0.5, 0.6) is 0 Å². The Labute approximate surface area is 128 Å². The molecule has 0 aliphatic carbocycles. The van der Waals surface area contributed by atoms with E-state index in [1.54, 1.807) is 26.1 Å². The first-order valence-electron chi connectivity index (χ1n) is 6.20. The van der Waals surface area contributed by atoms with Crippen LogP contribution >= 0.6 is 11.6 Å². The van der Waals surface area contributed by atoms with Crippen molar-refractivity contribution in [2.75, 3.05) is 13.6 Å². The van der Waals surface area contributed by atoms with Crippen molar-refractivity contribution in [3.63, 3.8) is 0 Å². The molecule has 1 aromatic rings. The van der Waals surface area contributed by atoms with Gasteiger partial charge in [0.05, 0.1) is 12.0 Å². The highest BCUT2D eigenvalue weighted by Crippen LogP contribution is 2.20. The molecule has 1 N–H and O–H groups in total. The Morgan fingerprint density at radius 2 is 2.19 bits per heavy atom. The number of carbonyl (C=O) groups excluding carboxylic acids is 1. The molecule has 0 saturated carbocycles. The number of carboxylic acids is 1. The van der Waals surface area contributed by atoms with Crippen molar-refractivity contribution in [1.82, 2.24) is 4.90 Å². The fourth-order valence-electron chi connectivity index (χ4n) is 1.71. The molecular weight excluding hydrogens is 292 g/mol. The number of aliphatic carboxylic acids is 1. The lowest BCUT2D eigenvalue weighted by molar-refractivity contribution is -0.131. The number of amides is 1. The van der Waals surface area contributed by atoms with E-state index in [4.69, 9.17) is 22.0 Å². The second-order valence-electron chi connectivity index (χ2n) is 4.62. The normalized spacial score (nSPS) is 11.9. The second-order valence-corrected chi connectivity index (χ2v) is 5.03. The minimum Gasteiger partial charge on any atom is -0.478 e. The van der Waals surface area contributed by atoms with Crippen LogP contribution < -0.4 is 0 Å². The molecule has 6 heteroatoms. The van der Waals surface area contributed by atoms with Gasteiger partial charge in [-0.25, -0.2) is 4.79 Å². The zero-order valence-corrected chi connectivity index (χ0v) is 12.5. The lowest BCUT2D eigenvalue weighted by atomic mass is 10.1. The maximum absolute atomic E-state index is 12.2. The van der Waals surface area contributed by atoms with Gasteiger partial charge in [0.15, 0.2) is 0 Å². The third kappa shape index (κ3) is 4.93. The minimum absolute atomic E-state index is 0.243. The molecule has 1 amide bonds. The number of nitriles is 1. The number of carbonyl (C=O) groups is 2.